The van der Waals surface area contributed by atoms with Crippen molar-refractivity contribution in [3.63, 3.8) is 0 Å². The van der Waals surface area contributed by atoms with Gasteiger partial charge in [0, 0.05) is 50.5 Å². The predicted molar refractivity (Wildman–Crippen MR) is 128 cm³/mol. The fraction of sp³-hybridized carbons (Fsp3) is 0.667. The van der Waals surface area contributed by atoms with Crippen LogP contribution in [0.15, 0.2) is 29.3 Å². The number of hydrogen-bond donors (Lipinski definition) is 3. The van der Waals surface area contributed by atoms with Crippen molar-refractivity contribution in [3.8, 4) is 0 Å². The monoisotopic (exact) mass is 504 g/mol. The molecule has 0 aliphatic carbocycles. The number of nitrogens with zero attached hydrogens (tertiary/aromatic N) is 2. The number of anilines is 1. The Morgan fingerprint density at radius 2 is 2.07 bits per heavy atom. The van der Waals surface area contributed by atoms with Crippen LogP contribution in [0.25, 0.3) is 0 Å². The highest BCUT2D eigenvalue weighted by Gasteiger charge is 2.34. The number of para-hydroxylation sites is 1. The summed E-state index contributed by atoms with van der Waals surface area (Å²) in [5, 5.41) is 16.2. The summed E-state index contributed by atoms with van der Waals surface area (Å²) in [6.45, 7) is 12.3. The molecule has 7 heteroatoms. The number of aliphatic hydroxyl groups is 1. The van der Waals surface area contributed by atoms with E-state index in [0.717, 1.165) is 51.6 Å². The van der Waals surface area contributed by atoms with E-state index >= 15 is 0 Å². The number of aryl methyl sites for hydroxylation is 1. The van der Waals surface area contributed by atoms with Gasteiger partial charge in [-0.1, -0.05) is 18.2 Å². The van der Waals surface area contributed by atoms with Crippen molar-refractivity contribution in [1.29, 1.82) is 0 Å². The van der Waals surface area contributed by atoms with E-state index < -0.39 is 0 Å². The number of nitrogens with one attached hydrogen (secondary N) is 2. The van der Waals surface area contributed by atoms with E-state index in [4.69, 9.17) is 9.73 Å². The van der Waals surface area contributed by atoms with Crippen LogP contribution in [0.2, 0.25) is 0 Å². The molecule has 1 atom stereocenters. The molecule has 28 heavy (non-hydrogen) atoms. The van der Waals surface area contributed by atoms with Crippen LogP contribution in [0.5, 0.6) is 0 Å². The summed E-state index contributed by atoms with van der Waals surface area (Å²) in [6.07, 6.45) is 1.71. The molecule has 160 valence electrons. The summed E-state index contributed by atoms with van der Waals surface area (Å²) in [5.74, 6) is 0.836. The zero-order chi connectivity index (χ0) is 19.5. The number of aliphatic imine (C=N–C) groups is 1. The molecule has 1 saturated heterocycles. The van der Waals surface area contributed by atoms with Gasteiger partial charge in [-0.2, -0.15) is 0 Å². The quantitative estimate of drug-likeness (QED) is 0.260. The Balaban J connectivity index is 0.00000392. The second-order valence-corrected chi connectivity index (χ2v) is 7.26. The largest absolute Gasteiger partial charge is 0.396 e. The van der Waals surface area contributed by atoms with Gasteiger partial charge in [-0.3, -0.25) is 4.99 Å². The average Bonchev–Trinajstić information content (AvgIpc) is 3.13. The second-order valence-electron chi connectivity index (χ2n) is 7.26. The maximum Gasteiger partial charge on any atom is 0.191 e. The molecule has 0 spiro atoms. The van der Waals surface area contributed by atoms with Crippen LogP contribution in [0.4, 0.5) is 5.69 Å². The van der Waals surface area contributed by atoms with Crippen molar-refractivity contribution in [2.75, 3.05) is 57.4 Å². The standard InChI is InChI=1S/C21H36N4O2.HI/c1-4-22-20(24-16-21(10-14-26)11-15-27-17-21)23-12-13-25(5-2)19-9-7-6-8-18(19)3;/h6-9,26H,4-5,10-17H2,1-3H3,(H2,22,23,24);1H. The number of guanidine groups is 1. The molecule has 0 radical (unpaired) electrons. The Hall–Kier alpha value is -1.06. The summed E-state index contributed by atoms with van der Waals surface area (Å²) in [6, 6.07) is 8.50. The minimum Gasteiger partial charge on any atom is -0.396 e. The molecule has 1 heterocycles. The molecule has 1 aromatic rings. The van der Waals surface area contributed by atoms with E-state index in [9.17, 15) is 5.11 Å². The summed E-state index contributed by atoms with van der Waals surface area (Å²) in [7, 11) is 0. The number of halogens is 1. The van der Waals surface area contributed by atoms with Crippen molar-refractivity contribution in [2.24, 2.45) is 10.4 Å². The molecular weight excluding hydrogens is 467 g/mol. The average molecular weight is 504 g/mol. The first-order valence-electron chi connectivity index (χ1n) is 10.2. The third kappa shape index (κ3) is 7.40. The summed E-state index contributed by atoms with van der Waals surface area (Å²) in [5.41, 5.74) is 2.56. The number of aliphatic hydroxyl groups excluding tert-OH is 1. The van der Waals surface area contributed by atoms with Gasteiger partial charge in [-0.05, 0) is 45.2 Å². The van der Waals surface area contributed by atoms with Crippen molar-refractivity contribution in [2.45, 2.75) is 33.6 Å². The van der Waals surface area contributed by atoms with Gasteiger partial charge < -0.3 is 25.4 Å². The maximum absolute atomic E-state index is 9.38. The van der Waals surface area contributed by atoms with Crippen molar-refractivity contribution in [1.82, 2.24) is 10.6 Å². The second kappa shape index (κ2) is 13.2. The molecule has 0 amide bonds. The van der Waals surface area contributed by atoms with E-state index in [0.29, 0.717) is 13.2 Å². The van der Waals surface area contributed by atoms with Gasteiger partial charge in [0.05, 0.1) is 13.2 Å². The Kier molecular flexibility index (Phi) is 11.8. The van der Waals surface area contributed by atoms with Crippen LogP contribution in [0, 0.1) is 12.3 Å². The topological polar surface area (TPSA) is 69.1 Å². The van der Waals surface area contributed by atoms with Gasteiger partial charge in [0.1, 0.15) is 0 Å². The molecule has 0 saturated carbocycles. The van der Waals surface area contributed by atoms with Gasteiger partial charge in [0.25, 0.3) is 0 Å². The van der Waals surface area contributed by atoms with Crippen molar-refractivity contribution < 1.29 is 9.84 Å². The van der Waals surface area contributed by atoms with Crippen molar-refractivity contribution in [3.05, 3.63) is 29.8 Å². The number of likely N-dealkylation sites (N-methyl/N-ethyl adjacent to an activating group) is 1. The lowest BCUT2D eigenvalue weighted by molar-refractivity contribution is 0.131. The van der Waals surface area contributed by atoms with Crippen LogP contribution in [-0.2, 0) is 4.74 Å². The molecular formula is C21H37IN4O2. The zero-order valence-electron chi connectivity index (χ0n) is 17.5. The highest BCUT2D eigenvalue weighted by Crippen LogP contribution is 2.32. The van der Waals surface area contributed by atoms with Crippen molar-refractivity contribution >= 4 is 35.6 Å². The van der Waals surface area contributed by atoms with Gasteiger partial charge in [0.2, 0.25) is 0 Å². The van der Waals surface area contributed by atoms with Crippen LogP contribution in [-0.4, -0.2) is 63.6 Å². The molecule has 1 aliphatic rings. The molecule has 6 nitrogen and oxygen atoms in total. The van der Waals surface area contributed by atoms with E-state index in [-0.39, 0.29) is 36.0 Å². The predicted octanol–water partition coefficient (Wildman–Crippen LogP) is 2.78. The Labute approximate surface area is 187 Å². The molecule has 1 unspecified atom stereocenters. The van der Waals surface area contributed by atoms with E-state index in [1.807, 2.05) is 0 Å². The van der Waals surface area contributed by atoms with Gasteiger partial charge in [-0.25, -0.2) is 0 Å². The van der Waals surface area contributed by atoms with E-state index in [2.05, 4.69) is 60.6 Å². The number of rotatable bonds is 10. The fourth-order valence-corrected chi connectivity index (χ4v) is 3.55. The first-order chi connectivity index (χ1) is 13.1. The van der Waals surface area contributed by atoms with Gasteiger partial charge in [0.15, 0.2) is 5.96 Å². The summed E-state index contributed by atoms with van der Waals surface area (Å²) in [4.78, 5) is 7.16. The molecule has 2 rings (SSSR count). The first kappa shape index (κ1) is 25.0. The molecule has 3 N–H and O–H groups in total. The fourth-order valence-electron chi connectivity index (χ4n) is 3.55. The van der Waals surface area contributed by atoms with Crippen LogP contribution in [0.1, 0.15) is 32.3 Å². The summed E-state index contributed by atoms with van der Waals surface area (Å²) < 4.78 is 5.56. The van der Waals surface area contributed by atoms with Gasteiger partial charge in [-0.15, -0.1) is 24.0 Å². The third-order valence-electron chi connectivity index (χ3n) is 5.26. The van der Waals surface area contributed by atoms with Gasteiger partial charge >= 0.3 is 0 Å². The number of benzene rings is 1. The number of ether oxygens (including phenoxy) is 1. The Morgan fingerprint density at radius 3 is 2.68 bits per heavy atom. The summed E-state index contributed by atoms with van der Waals surface area (Å²) >= 11 is 0. The minimum absolute atomic E-state index is 0. The number of hydrogen-bond acceptors (Lipinski definition) is 4. The van der Waals surface area contributed by atoms with E-state index in [1.54, 1.807) is 0 Å². The zero-order valence-corrected chi connectivity index (χ0v) is 19.9. The molecule has 1 aliphatic heterocycles. The lowest BCUT2D eigenvalue weighted by atomic mass is 9.84. The first-order valence-corrected chi connectivity index (χ1v) is 10.2. The van der Waals surface area contributed by atoms with E-state index in [1.165, 1.54) is 11.3 Å². The lowest BCUT2D eigenvalue weighted by Crippen LogP contribution is -2.42. The molecule has 0 bridgehead atoms. The van der Waals surface area contributed by atoms with Crippen LogP contribution >= 0.6 is 24.0 Å². The van der Waals surface area contributed by atoms with Crippen LogP contribution in [0.3, 0.4) is 0 Å². The SMILES string of the molecule is CCNC(=NCC1(CCO)CCOC1)NCCN(CC)c1ccccc1C.I. The lowest BCUT2D eigenvalue weighted by Gasteiger charge is -2.26. The smallest absolute Gasteiger partial charge is 0.191 e. The Morgan fingerprint density at radius 1 is 1.29 bits per heavy atom. The highest BCUT2D eigenvalue weighted by atomic mass is 127. The molecule has 1 fully saturated rings. The minimum atomic E-state index is -0.0201. The Bertz CT molecular complexity index is 592. The molecule has 0 aromatic heterocycles. The maximum atomic E-state index is 9.38. The molecule has 1 aromatic carbocycles. The third-order valence-corrected chi connectivity index (χ3v) is 5.26. The highest BCUT2D eigenvalue weighted by molar-refractivity contribution is 14.0. The normalized spacial score (nSPS) is 19.2. The van der Waals surface area contributed by atoms with Crippen LogP contribution < -0.4 is 15.5 Å².